The highest BCUT2D eigenvalue weighted by molar-refractivity contribution is 5.71. The van der Waals surface area contributed by atoms with Crippen molar-refractivity contribution < 1.29 is 0 Å². The Morgan fingerprint density at radius 1 is 0.667 bits per heavy atom. The number of rotatable bonds is 7. The number of allylic oxidation sites excluding steroid dienone is 8. The van der Waals surface area contributed by atoms with Crippen molar-refractivity contribution in [3.05, 3.63) is 114 Å². The second-order valence-electron chi connectivity index (χ2n) is 6.10. The summed E-state index contributed by atoms with van der Waals surface area (Å²) in [6, 6.07) is 19.1. The lowest BCUT2D eigenvalue weighted by Crippen LogP contribution is -2.14. The van der Waals surface area contributed by atoms with E-state index in [1.807, 2.05) is 19.9 Å². The fourth-order valence-corrected chi connectivity index (χ4v) is 2.86. The minimum absolute atomic E-state index is 1.14. The monoisotopic (exact) mass is 355 g/mol. The van der Waals surface area contributed by atoms with Crippen LogP contribution in [0.4, 0.5) is 11.4 Å². The Morgan fingerprint density at radius 3 is 1.85 bits per heavy atom. The molecule has 1 nitrogen and oxygen atoms in total. The smallest absolute Gasteiger partial charge is 0.0461 e. The van der Waals surface area contributed by atoms with Gasteiger partial charge < -0.3 is 4.90 Å². The summed E-state index contributed by atoms with van der Waals surface area (Å²) in [6.45, 7) is 8.21. The van der Waals surface area contributed by atoms with Crippen molar-refractivity contribution in [3.8, 4) is 0 Å². The molecule has 2 rings (SSSR count). The number of hydrogen-bond donors (Lipinski definition) is 0. The molecule has 0 bridgehead atoms. The van der Waals surface area contributed by atoms with Crippen LogP contribution in [0.15, 0.2) is 108 Å². The molecule has 0 aliphatic carbocycles. The fraction of sp³-hybridized carbons (Fsp3) is 0.154. The van der Waals surface area contributed by atoms with E-state index in [9.17, 15) is 0 Å². The van der Waals surface area contributed by atoms with Crippen molar-refractivity contribution in [2.24, 2.45) is 0 Å². The molecule has 0 aliphatic rings. The zero-order valence-corrected chi connectivity index (χ0v) is 16.8. The molecule has 138 valence electrons. The van der Waals surface area contributed by atoms with Crippen LogP contribution in [0, 0.1) is 0 Å². The number of para-hydroxylation sites is 1. The van der Waals surface area contributed by atoms with Crippen LogP contribution < -0.4 is 4.90 Å². The van der Waals surface area contributed by atoms with Gasteiger partial charge in [-0.25, -0.2) is 0 Å². The summed E-state index contributed by atoms with van der Waals surface area (Å²) in [6.07, 6.45) is 16.9. The summed E-state index contributed by atoms with van der Waals surface area (Å²) in [4.78, 5) is 2.27. The molecule has 0 spiro atoms. The van der Waals surface area contributed by atoms with Crippen LogP contribution in [-0.2, 0) is 0 Å². The van der Waals surface area contributed by atoms with E-state index < -0.39 is 0 Å². The molecule has 0 heterocycles. The molecule has 0 unspecified atom stereocenters. The lowest BCUT2D eigenvalue weighted by molar-refractivity contribution is 1.20. The van der Waals surface area contributed by atoms with E-state index in [-0.39, 0.29) is 0 Å². The average molecular weight is 356 g/mol. The average Bonchev–Trinajstić information content (AvgIpc) is 2.72. The van der Waals surface area contributed by atoms with Gasteiger partial charge in [0, 0.05) is 17.1 Å². The van der Waals surface area contributed by atoms with Gasteiger partial charge in [-0.05, 0) is 69.2 Å². The summed E-state index contributed by atoms with van der Waals surface area (Å²) in [7, 11) is 0. The van der Waals surface area contributed by atoms with Crippen LogP contribution >= 0.6 is 0 Å². The number of anilines is 2. The number of benzene rings is 2. The van der Waals surface area contributed by atoms with Gasteiger partial charge in [0.1, 0.15) is 0 Å². The Kier molecular flexibility index (Phi) is 8.12. The van der Waals surface area contributed by atoms with Crippen LogP contribution in [0.2, 0.25) is 0 Å². The van der Waals surface area contributed by atoms with Crippen molar-refractivity contribution in [1.82, 2.24) is 0 Å². The normalized spacial score (nSPS) is 13.2. The van der Waals surface area contributed by atoms with Crippen LogP contribution in [-0.4, -0.2) is 0 Å². The zero-order chi connectivity index (χ0) is 19.5. The Hall–Kier alpha value is -3.06. The predicted molar refractivity (Wildman–Crippen MR) is 121 cm³/mol. The molecule has 2 aromatic rings. The Balaban J connectivity index is 2.36. The summed E-state index contributed by atoms with van der Waals surface area (Å²) >= 11 is 0. The maximum atomic E-state index is 2.27. The first-order valence-electron chi connectivity index (χ1n) is 9.44. The highest BCUT2D eigenvalue weighted by atomic mass is 15.1. The van der Waals surface area contributed by atoms with Crippen LogP contribution in [0.5, 0.6) is 0 Å². The zero-order valence-electron chi connectivity index (χ0n) is 16.8. The van der Waals surface area contributed by atoms with Crippen molar-refractivity contribution in [3.63, 3.8) is 0 Å². The summed E-state index contributed by atoms with van der Waals surface area (Å²) < 4.78 is 0. The molecular formula is C26H29N. The van der Waals surface area contributed by atoms with Gasteiger partial charge in [-0.15, -0.1) is 0 Å². The van der Waals surface area contributed by atoms with Crippen molar-refractivity contribution in [2.45, 2.75) is 27.7 Å². The molecule has 0 fully saturated rings. The van der Waals surface area contributed by atoms with Gasteiger partial charge in [0.25, 0.3) is 0 Å². The van der Waals surface area contributed by atoms with Gasteiger partial charge in [-0.2, -0.15) is 0 Å². The second kappa shape index (κ2) is 10.8. The number of nitrogens with zero attached hydrogens (tertiary/aromatic N) is 1. The Morgan fingerprint density at radius 2 is 1.30 bits per heavy atom. The molecule has 0 saturated heterocycles. The van der Waals surface area contributed by atoms with Crippen LogP contribution in [0.3, 0.4) is 0 Å². The van der Waals surface area contributed by atoms with Gasteiger partial charge in [0.15, 0.2) is 0 Å². The summed E-state index contributed by atoms with van der Waals surface area (Å²) in [5.41, 5.74) is 5.83. The molecular weight excluding hydrogens is 326 g/mol. The SMILES string of the molecule is C\C=C/C(/C=C/c1ccc(N(C(/C=C\C)=C/C)c2ccccc2)cc1)=C\C. The summed E-state index contributed by atoms with van der Waals surface area (Å²) in [5.74, 6) is 0. The van der Waals surface area contributed by atoms with Crippen molar-refractivity contribution in [2.75, 3.05) is 4.90 Å². The van der Waals surface area contributed by atoms with E-state index in [0.29, 0.717) is 0 Å². The molecule has 0 radical (unpaired) electrons. The van der Waals surface area contributed by atoms with Crippen LogP contribution in [0.25, 0.3) is 6.08 Å². The van der Waals surface area contributed by atoms with E-state index in [2.05, 4.69) is 116 Å². The summed E-state index contributed by atoms with van der Waals surface area (Å²) in [5, 5.41) is 0. The lowest BCUT2D eigenvalue weighted by Gasteiger charge is -2.26. The van der Waals surface area contributed by atoms with E-state index in [1.165, 1.54) is 11.1 Å². The highest BCUT2D eigenvalue weighted by Gasteiger charge is 2.11. The van der Waals surface area contributed by atoms with Crippen molar-refractivity contribution in [1.29, 1.82) is 0 Å². The molecule has 0 saturated carbocycles. The molecule has 0 aliphatic heterocycles. The molecule has 2 aromatic carbocycles. The Labute approximate surface area is 164 Å². The standard InChI is InChI=1S/C26H29N/c1-5-12-22(7-3)16-17-23-18-20-26(21-19-23)27(24(8-4)13-6-2)25-14-10-9-11-15-25/h5-21H,1-4H3/b12-5-,13-6-,17-16+,22-7+,24-8+. The predicted octanol–water partition coefficient (Wildman–Crippen LogP) is 7.84. The quantitative estimate of drug-likeness (QED) is 0.457. The first-order valence-corrected chi connectivity index (χ1v) is 9.44. The van der Waals surface area contributed by atoms with E-state index >= 15 is 0 Å². The molecule has 0 atom stereocenters. The molecule has 0 amide bonds. The van der Waals surface area contributed by atoms with Crippen LogP contribution in [0.1, 0.15) is 33.3 Å². The molecule has 0 aromatic heterocycles. The van der Waals surface area contributed by atoms with E-state index in [4.69, 9.17) is 0 Å². The minimum Gasteiger partial charge on any atom is -0.311 e. The van der Waals surface area contributed by atoms with Gasteiger partial charge in [-0.1, -0.05) is 72.9 Å². The van der Waals surface area contributed by atoms with Gasteiger partial charge in [0.05, 0.1) is 0 Å². The van der Waals surface area contributed by atoms with Gasteiger partial charge in [-0.3, -0.25) is 0 Å². The third-order valence-corrected chi connectivity index (χ3v) is 4.22. The molecule has 27 heavy (non-hydrogen) atoms. The first-order chi connectivity index (χ1) is 13.2. The fourth-order valence-electron chi connectivity index (χ4n) is 2.86. The highest BCUT2D eigenvalue weighted by Crippen LogP contribution is 2.30. The maximum Gasteiger partial charge on any atom is 0.0461 e. The van der Waals surface area contributed by atoms with Gasteiger partial charge in [0.2, 0.25) is 0 Å². The minimum atomic E-state index is 1.14. The molecule has 0 N–H and O–H groups in total. The largest absolute Gasteiger partial charge is 0.311 e. The van der Waals surface area contributed by atoms with Crippen molar-refractivity contribution >= 4 is 17.5 Å². The lowest BCUT2D eigenvalue weighted by atomic mass is 10.1. The van der Waals surface area contributed by atoms with E-state index in [1.54, 1.807) is 0 Å². The first kappa shape index (κ1) is 20.3. The second-order valence-corrected chi connectivity index (χ2v) is 6.10. The number of hydrogen-bond acceptors (Lipinski definition) is 1. The topological polar surface area (TPSA) is 3.24 Å². The maximum absolute atomic E-state index is 2.27. The molecule has 1 heteroatoms. The Bertz CT molecular complexity index is 847. The van der Waals surface area contributed by atoms with E-state index in [0.717, 1.165) is 17.1 Å². The third kappa shape index (κ3) is 5.72. The third-order valence-electron chi connectivity index (χ3n) is 4.22. The van der Waals surface area contributed by atoms with Gasteiger partial charge >= 0.3 is 0 Å².